The molecular formula is C30H32F3N3O5S. The third-order valence-electron chi connectivity index (χ3n) is 7.01. The summed E-state index contributed by atoms with van der Waals surface area (Å²) in [5.74, 6) is -2.53. The fourth-order valence-corrected chi connectivity index (χ4v) is 6.21. The number of thiophene rings is 1. The molecule has 4 aromatic rings. The number of hydrogen-bond acceptors (Lipinski definition) is 6. The molecule has 3 heterocycles. The Morgan fingerprint density at radius 1 is 1.12 bits per heavy atom. The van der Waals surface area contributed by atoms with Crippen LogP contribution >= 0.6 is 11.3 Å². The minimum Gasteiger partial charge on any atom is -0.494 e. The molecule has 5 rings (SSSR count). The van der Waals surface area contributed by atoms with Gasteiger partial charge in [0.15, 0.2) is 5.75 Å². The summed E-state index contributed by atoms with van der Waals surface area (Å²) in [6, 6.07) is 18.4. The predicted molar refractivity (Wildman–Crippen MR) is 156 cm³/mol. The summed E-state index contributed by atoms with van der Waals surface area (Å²) in [6.07, 6.45) is -2.27. The number of carboxylic acids is 1. The first kappa shape index (κ1) is 31.0. The predicted octanol–water partition coefficient (Wildman–Crippen LogP) is 5.66. The van der Waals surface area contributed by atoms with Crippen molar-refractivity contribution in [1.29, 1.82) is 0 Å². The molecule has 8 nitrogen and oxygen atoms in total. The number of ether oxygens (including phenoxy) is 1. The number of fused-ring (bicyclic) bond motifs is 3. The van der Waals surface area contributed by atoms with Gasteiger partial charge in [0.2, 0.25) is 0 Å². The number of nitrogens with one attached hydrogen (secondary N) is 1. The molecular weight excluding hydrogens is 571 g/mol. The highest BCUT2D eigenvalue weighted by molar-refractivity contribution is 7.22. The Balaban J connectivity index is 0.000000517. The molecule has 1 amide bonds. The SMILES string of the molecule is CCCCn1c(=O)c2c(OC)c(C(=O)NC3CCN(Cc4ccccc4)C3)sc2c2ccccc21.O=C(O)C(F)(F)F. The Morgan fingerprint density at radius 3 is 2.43 bits per heavy atom. The van der Waals surface area contributed by atoms with E-state index in [0.29, 0.717) is 22.6 Å². The van der Waals surface area contributed by atoms with E-state index in [1.165, 1.54) is 16.9 Å². The summed E-state index contributed by atoms with van der Waals surface area (Å²) in [4.78, 5) is 38.7. The largest absolute Gasteiger partial charge is 0.494 e. The van der Waals surface area contributed by atoms with E-state index in [2.05, 4.69) is 41.4 Å². The van der Waals surface area contributed by atoms with Crippen LogP contribution in [0.25, 0.3) is 21.0 Å². The van der Waals surface area contributed by atoms with Crippen LogP contribution in [0.2, 0.25) is 0 Å². The molecule has 0 aliphatic carbocycles. The van der Waals surface area contributed by atoms with Crippen LogP contribution in [-0.4, -0.2) is 58.9 Å². The number of nitrogens with zero attached hydrogens (tertiary/aromatic N) is 2. The number of carbonyl (C=O) groups is 2. The van der Waals surface area contributed by atoms with Gasteiger partial charge in [0.25, 0.3) is 11.5 Å². The number of aryl methyl sites for hydroxylation is 1. The number of amides is 1. The highest BCUT2D eigenvalue weighted by Gasteiger charge is 2.38. The first-order valence-corrected chi connectivity index (χ1v) is 14.4. The fraction of sp³-hybridized carbons (Fsp3) is 0.367. The molecule has 0 spiro atoms. The number of likely N-dealkylation sites (tertiary alicyclic amines) is 1. The molecule has 2 N–H and O–H groups in total. The number of aliphatic carboxylic acids is 1. The van der Waals surface area contributed by atoms with Crippen molar-refractivity contribution >= 4 is 44.2 Å². The molecule has 224 valence electrons. The topological polar surface area (TPSA) is 101 Å². The summed E-state index contributed by atoms with van der Waals surface area (Å²) in [6.45, 7) is 5.38. The van der Waals surface area contributed by atoms with Gasteiger partial charge in [-0.05, 0) is 24.5 Å². The molecule has 2 aromatic carbocycles. The van der Waals surface area contributed by atoms with Crippen molar-refractivity contribution in [3.8, 4) is 5.75 Å². The van der Waals surface area contributed by atoms with Gasteiger partial charge in [-0.15, -0.1) is 11.3 Å². The maximum absolute atomic E-state index is 13.6. The summed E-state index contributed by atoms with van der Waals surface area (Å²) >= 11 is 1.36. The number of carbonyl (C=O) groups excluding carboxylic acids is 1. The van der Waals surface area contributed by atoms with Crippen molar-refractivity contribution in [2.75, 3.05) is 20.2 Å². The van der Waals surface area contributed by atoms with Crippen LogP contribution in [0.5, 0.6) is 5.75 Å². The number of rotatable bonds is 8. The Morgan fingerprint density at radius 2 is 1.79 bits per heavy atom. The van der Waals surface area contributed by atoms with Gasteiger partial charge >= 0.3 is 12.1 Å². The first-order valence-electron chi connectivity index (χ1n) is 13.5. The number of methoxy groups -OCH3 is 1. The zero-order valence-electron chi connectivity index (χ0n) is 23.2. The van der Waals surface area contributed by atoms with E-state index in [1.807, 2.05) is 34.9 Å². The van der Waals surface area contributed by atoms with Crippen LogP contribution in [0.3, 0.4) is 0 Å². The number of alkyl halides is 3. The average molecular weight is 604 g/mol. The number of hydrogen-bond donors (Lipinski definition) is 2. The van der Waals surface area contributed by atoms with Crippen LogP contribution < -0.4 is 15.6 Å². The molecule has 12 heteroatoms. The normalized spacial score (nSPS) is 15.4. The van der Waals surface area contributed by atoms with E-state index in [-0.39, 0.29) is 17.5 Å². The van der Waals surface area contributed by atoms with Crippen LogP contribution in [0.1, 0.15) is 41.4 Å². The molecule has 1 aliphatic heterocycles. The lowest BCUT2D eigenvalue weighted by Crippen LogP contribution is -2.36. The second-order valence-corrected chi connectivity index (χ2v) is 11.0. The number of pyridine rings is 1. The van der Waals surface area contributed by atoms with Crippen LogP contribution in [0, 0.1) is 0 Å². The van der Waals surface area contributed by atoms with E-state index in [0.717, 1.165) is 54.5 Å². The van der Waals surface area contributed by atoms with Gasteiger partial charge in [0.1, 0.15) is 10.3 Å². The molecule has 1 atom stereocenters. The quantitative estimate of drug-likeness (QED) is 0.270. The van der Waals surface area contributed by atoms with Gasteiger partial charge in [-0.2, -0.15) is 13.2 Å². The highest BCUT2D eigenvalue weighted by Crippen LogP contribution is 2.39. The van der Waals surface area contributed by atoms with Gasteiger partial charge in [-0.3, -0.25) is 14.5 Å². The minimum atomic E-state index is -5.08. The lowest BCUT2D eigenvalue weighted by atomic mass is 10.1. The van der Waals surface area contributed by atoms with Crippen molar-refractivity contribution in [2.45, 2.75) is 51.5 Å². The van der Waals surface area contributed by atoms with Crippen molar-refractivity contribution in [1.82, 2.24) is 14.8 Å². The number of halogens is 3. The van der Waals surface area contributed by atoms with Gasteiger partial charge in [-0.25, -0.2) is 4.79 Å². The van der Waals surface area contributed by atoms with Gasteiger partial charge in [0.05, 0.1) is 17.3 Å². The number of benzene rings is 2. The Kier molecular flexibility index (Phi) is 9.89. The van der Waals surface area contributed by atoms with E-state index < -0.39 is 12.1 Å². The van der Waals surface area contributed by atoms with Crippen LogP contribution in [0.4, 0.5) is 13.2 Å². The van der Waals surface area contributed by atoms with Gasteiger partial charge < -0.3 is 19.7 Å². The molecule has 0 bridgehead atoms. The highest BCUT2D eigenvalue weighted by atomic mass is 32.1. The molecule has 1 unspecified atom stereocenters. The zero-order valence-corrected chi connectivity index (χ0v) is 24.1. The van der Waals surface area contributed by atoms with E-state index in [1.54, 1.807) is 7.11 Å². The molecule has 0 saturated carbocycles. The zero-order chi connectivity index (χ0) is 30.4. The molecule has 1 fully saturated rings. The van der Waals surface area contributed by atoms with Gasteiger partial charge in [-0.1, -0.05) is 61.9 Å². The average Bonchev–Trinajstić information content (AvgIpc) is 3.58. The number of carboxylic acid groups (broad SMARTS) is 1. The summed E-state index contributed by atoms with van der Waals surface area (Å²) in [5, 5.41) is 11.8. The van der Waals surface area contributed by atoms with Crippen molar-refractivity contribution < 1.29 is 32.6 Å². The van der Waals surface area contributed by atoms with Crippen molar-refractivity contribution in [3.63, 3.8) is 0 Å². The molecule has 42 heavy (non-hydrogen) atoms. The summed E-state index contributed by atoms with van der Waals surface area (Å²) in [5.41, 5.74) is 2.09. The van der Waals surface area contributed by atoms with Crippen LogP contribution in [-0.2, 0) is 17.9 Å². The standard InChI is InChI=1S/C28H31N3O3S.C2HF3O2/c1-3-4-15-31-22-13-9-8-12-21(22)25-23(28(31)33)24(34-2)26(35-25)27(32)29-20-14-16-30(18-20)17-19-10-6-5-7-11-19;3-2(4,5)1(6)7/h5-13,20H,3-4,14-18H2,1-2H3,(H,29,32);(H,6,7). The van der Waals surface area contributed by atoms with Crippen molar-refractivity contribution in [2.24, 2.45) is 0 Å². The molecule has 0 radical (unpaired) electrons. The third kappa shape index (κ3) is 6.93. The number of unbranched alkanes of at least 4 members (excludes halogenated alkanes) is 1. The first-order chi connectivity index (χ1) is 20.0. The molecule has 1 saturated heterocycles. The van der Waals surface area contributed by atoms with E-state index in [9.17, 15) is 22.8 Å². The maximum atomic E-state index is 13.6. The lowest BCUT2D eigenvalue weighted by molar-refractivity contribution is -0.192. The van der Waals surface area contributed by atoms with E-state index >= 15 is 0 Å². The number of aromatic nitrogens is 1. The Hall–Kier alpha value is -3.90. The fourth-order valence-electron chi connectivity index (χ4n) is 5.01. The Labute approximate surface area is 244 Å². The summed E-state index contributed by atoms with van der Waals surface area (Å²) < 4.78 is 40.1. The maximum Gasteiger partial charge on any atom is 0.490 e. The third-order valence-corrected chi connectivity index (χ3v) is 8.21. The van der Waals surface area contributed by atoms with Gasteiger partial charge in [0, 0.05) is 37.6 Å². The molecule has 2 aromatic heterocycles. The summed E-state index contributed by atoms with van der Waals surface area (Å²) in [7, 11) is 1.54. The number of para-hydroxylation sites is 1. The second kappa shape index (κ2) is 13.4. The molecule has 1 aliphatic rings. The van der Waals surface area contributed by atoms with Crippen molar-refractivity contribution in [3.05, 3.63) is 75.4 Å². The lowest BCUT2D eigenvalue weighted by Gasteiger charge is -2.16. The van der Waals surface area contributed by atoms with E-state index in [4.69, 9.17) is 14.6 Å². The monoisotopic (exact) mass is 603 g/mol. The Bertz CT molecular complexity index is 1620. The second-order valence-electron chi connectivity index (χ2n) is 9.98. The smallest absolute Gasteiger partial charge is 0.490 e. The minimum absolute atomic E-state index is 0.0686. The van der Waals surface area contributed by atoms with Crippen LogP contribution in [0.15, 0.2) is 59.4 Å².